The van der Waals surface area contributed by atoms with E-state index in [1.54, 1.807) is 0 Å². The minimum Gasteiger partial charge on any atom is -0.455 e. The first kappa shape index (κ1) is 41.0. The molecule has 0 saturated carbocycles. The highest BCUT2D eigenvalue weighted by molar-refractivity contribution is 6.18. The Bertz CT molecular complexity index is 4030. The van der Waals surface area contributed by atoms with Crippen LogP contribution in [0.25, 0.3) is 110 Å². The van der Waals surface area contributed by atoms with Gasteiger partial charge in [0.15, 0.2) is 0 Å². The predicted molar refractivity (Wildman–Crippen MR) is 296 cm³/mol. The van der Waals surface area contributed by atoms with Gasteiger partial charge in [0.1, 0.15) is 11.2 Å². The number of rotatable bonds is 9. The lowest BCUT2D eigenvalue weighted by Crippen LogP contribution is -2.10. The molecule has 1 heterocycles. The molecule has 12 aromatic carbocycles. The molecule has 0 spiro atoms. The summed E-state index contributed by atoms with van der Waals surface area (Å²) in [7, 11) is 0. The molecule has 0 atom stereocenters. The number of furan rings is 1. The summed E-state index contributed by atoms with van der Waals surface area (Å²) in [5.74, 6) is 0. The Labute approximate surface area is 407 Å². The maximum absolute atomic E-state index is 6.94. The Morgan fingerprint density at radius 1 is 0.257 bits per heavy atom. The molecule has 0 bridgehead atoms. The Morgan fingerprint density at radius 2 is 0.729 bits per heavy atom. The quantitative estimate of drug-likeness (QED) is 0.144. The maximum atomic E-state index is 6.94. The third-order valence-electron chi connectivity index (χ3n) is 13.9. The normalized spacial score (nSPS) is 11.4. The fourth-order valence-corrected chi connectivity index (χ4v) is 10.4. The lowest BCUT2D eigenvalue weighted by Gasteiger charge is -2.27. The topological polar surface area (TPSA) is 16.4 Å². The van der Waals surface area contributed by atoms with Gasteiger partial charge < -0.3 is 9.32 Å². The third-order valence-corrected chi connectivity index (χ3v) is 13.9. The SMILES string of the molecule is c1ccc(-c2ccc(-c3ccccc3-c3ccc(N(c4ccc(-c5cccc(-c6ccc7ccccc7c6)c5)cc4)c4ccc(-c5cccc6ccccc56)c5oc6ccccc6c45)cc3)cc2)cc1. The van der Waals surface area contributed by atoms with E-state index in [1.165, 1.54) is 66.1 Å². The number of nitrogens with zero attached hydrogens (tertiary/aromatic N) is 1. The molecule has 70 heavy (non-hydrogen) atoms. The number of benzene rings is 12. The molecule has 13 rings (SSSR count). The first-order valence-electron chi connectivity index (χ1n) is 24.0. The van der Waals surface area contributed by atoms with Gasteiger partial charge in [-0.25, -0.2) is 0 Å². The van der Waals surface area contributed by atoms with Crippen molar-refractivity contribution in [3.05, 3.63) is 273 Å². The minimum absolute atomic E-state index is 0.858. The van der Waals surface area contributed by atoms with Crippen LogP contribution in [0.5, 0.6) is 0 Å². The van der Waals surface area contributed by atoms with E-state index in [4.69, 9.17) is 4.42 Å². The largest absolute Gasteiger partial charge is 0.455 e. The maximum Gasteiger partial charge on any atom is 0.145 e. The number of hydrogen-bond acceptors (Lipinski definition) is 2. The third kappa shape index (κ3) is 7.40. The highest BCUT2D eigenvalue weighted by Crippen LogP contribution is 2.48. The van der Waals surface area contributed by atoms with Crippen LogP contribution in [-0.2, 0) is 0 Å². The molecule has 0 unspecified atom stereocenters. The van der Waals surface area contributed by atoms with Crippen LogP contribution in [0.1, 0.15) is 0 Å². The average Bonchev–Trinajstić information content (AvgIpc) is 3.84. The smallest absolute Gasteiger partial charge is 0.145 e. The van der Waals surface area contributed by atoms with Gasteiger partial charge in [0.05, 0.1) is 11.1 Å². The Balaban J connectivity index is 0.935. The van der Waals surface area contributed by atoms with E-state index in [-0.39, 0.29) is 0 Å². The van der Waals surface area contributed by atoms with Gasteiger partial charge in [-0.1, -0.05) is 218 Å². The van der Waals surface area contributed by atoms with Crippen molar-refractivity contribution in [3.8, 4) is 66.8 Å². The zero-order valence-corrected chi connectivity index (χ0v) is 38.3. The minimum atomic E-state index is 0.858. The second kappa shape index (κ2) is 17.4. The van der Waals surface area contributed by atoms with E-state index in [0.717, 1.165) is 61.3 Å². The molecule has 0 aliphatic carbocycles. The van der Waals surface area contributed by atoms with Gasteiger partial charge in [-0.3, -0.25) is 0 Å². The van der Waals surface area contributed by atoms with E-state index in [0.29, 0.717) is 0 Å². The van der Waals surface area contributed by atoms with Gasteiger partial charge in [-0.15, -0.1) is 0 Å². The van der Waals surface area contributed by atoms with Crippen molar-refractivity contribution in [1.29, 1.82) is 0 Å². The van der Waals surface area contributed by atoms with Crippen LogP contribution in [0, 0.1) is 0 Å². The summed E-state index contributed by atoms with van der Waals surface area (Å²) in [4.78, 5) is 2.39. The fourth-order valence-electron chi connectivity index (χ4n) is 10.4. The lowest BCUT2D eigenvalue weighted by molar-refractivity contribution is 0.670. The van der Waals surface area contributed by atoms with Crippen LogP contribution in [0.2, 0.25) is 0 Å². The molecule has 0 aliphatic heterocycles. The summed E-state index contributed by atoms with van der Waals surface area (Å²) in [6.07, 6.45) is 0. The molecule has 0 saturated heterocycles. The molecular formula is C68H45NO. The van der Waals surface area contributed by atoms with Crippen molar-refractivity contribution < 1.29 is 4.42 Å². The Kier molecular flexibility index (Phi) is 10.2. The fraction of sp³-hybridized carbons (Fsp3) is 0. The number of anilines is 3. The van der Waals surface area contributed by atoms with Crippen LogP contribution in [0.3, 0.4) is 0 Å². The van der Waals surface area contributed by atoms with E-state index in [1.807, 2.05) is 0 Å². The Morgan fingerprint density at radius 3 is 1.47 bits per heavy atom. The van der Waals surface area contributed by atoms with E-state index in [2.05, 4.69) is 278 Å². The Hall–Kier alpha value is -9.24. The number of fused-ring (bicyclic) bond motifs is 5. The average molecular weight is 892 g/mol. The van der Waals surface area contributed by atoms with E-state index < -0.39 is 0 Å². The van der Waals surface area contributed by atoms with E-state index >= 15 is 0 Å². The summed E-state index contributed by atoms with van der Waals surface area (Å²) in [5, 5.41) is 7.02. The molecule has 0 amide bonds. The van der Waals surface area contributed by atoms with Gasteiger partial charge in [-0.05, 0) is 137 Å². The van der Waals surface area contributed by atoms with Crippen molar-refractivity contribution >= 4 is 60.5 Å². The summed E-state index contributed by atoms with van der Waals surface area (Å²) < 4.78 is 6.94. The summed E-state index contributed by atoms with van der Waals surface area (Å²) >= 11 is 0. The van der Waals surface area contributed by atoms with Crippen molar-refractivity contribution in [3.63, 3.8) is 0 Å². The molecule has 328 valence electrons. The van der Waals surface area contributed by atoms with E-state index in [9.17, 15) is 0 Å². The highest BCUT2D eigenvalue weighted by Gasteiger charge is 2.23. The molecule has 0 aliphatic rings. The zero-order valence-electron chi connectivity index (χ0n) is 38.3. The molecule has 13 aromatic rings. The van der Waals surface area contributed by atoms with Crippen molar-refractivity contribution in [2.45, 2.75) is 0 Å². The molecule has 0 radical (unpaired) electrons. The summed E-state index contributed by atoms with van der Waals surface area (Å²) in [6.45, 7) is 0. The van der Waals surface area contributed by atoms with Gasteiger partial charge in [0.25, 0.3) is 0 Å². The lowest BCUT2D eigenvalue weighted by atomic mass is 9.93. The van der Waals surface area contributed by atoms with Crippen molar-refractivity contribution in [2.24, 2.45) is 0 Å². The molecular weight excluding hydrogens is 847 g/mol. The van der Waals surface area contributed by atoms with Gasteiger partial charge in [-0.2, -0.15) is 0 Å². The van der Waals surface area contributed by atoms with Crippen molar-refractivity contribution in [1.82, 2.24) is 0 Å². The van der Waals surface area contributed by atoms with Crippen LogP contribution in [0.4, 0.5) is 17.1 Å². The standard InChI is InChI=1S/C68H45NO/c1-2-14-46(15-3-1)48-28-31-51(32-29-48)59-22-8-9-23-60(59)52-36-40-58(41-37-52)69(57-38-34-49(35-39-57)54-20-12-21-55(44-54)56-33-30-47-16-4-5-18-53(47)45-56)65-43-42-63(62-26-13-19-50-17-6-7-24-61(50)62)68-67(65)64-25-10-11-27-66(64)70-68/h1-45H. The highest BCUT2D eigenvalue weighted by atomic mass is 16.3. The summed E-state index contributed by atoms with van der Waals surface area (Å²) in [5.41, 5.74) is 18.9. The second-order valence-electron chi connectivity index (χ2n) is 18.0. The molecule has 2 heteroatoms. The number of para-hydroxylation sites is 1. The molecule has 0 fully saturated rings. The first-order valence-corrected chi connectivity index (χ1v) is 24.0. The van der Waals surface area contributed by atoms with Gasteiger partial charge in [0.2, 0.25) is 0 Å². The van der Waals surface area contributed by atoms with Crippen molar-refractivity contribution in [2.75, 3.05) is 4.90 Å². The van der Waals surface area contributed by atoms with Crippen LogP contribution in [-0.4, -0.2) is 0 Å². The molecule has 0 N–H and O–H groups in total. The predicted octanol–water partition coefficient (Wildman–Crippen LogP) is 19.4. The monoisotopic (exact) mass is 891 g/mol. The summed E-state index contributed by atoms with van der Waals surface area (Å²) in [6, 6.07) is 98.5. The van der Waals surface area contributed by atoms with Crippen LogP contribution < -0.4 is 4.90 Å². The first-order chi connectivity index (χ1) is 34.7. The van der Waals surface area contributed by atoms with Gasteiger partial charge in [0, 0.05) is 22.3 Å². The second-order valence-corrected chi connectivity index (χ2v) is 18.0. The molecule has 1 aromatic heterocycles. The zero-order chi connectivity index (χ0) is 46.4. The molecule has 2 nitrogen and oxygen atoms in total. The van der Waals surface area contributed by atoms with Crippen LogP contribution >= 0.6 is 0 Å². The number of hydrogen-bond donors (Lipinski definition) is 0. The van der Waals surface area contributed by atoms with Gasteiger partial charge >= 0.3 is 0 Å². The van der Waals surface area contributed by atoms with Crippen LogP contribution in [0.15, 0.2) is 277 Å².